The molecular weight excluding hydrogens is 1120 g/mol. The molecule has 0 bridgehead atoms. The summed E-state index contributed by atoms with van der Waals surface area (Å²) in [4.78, 5) is 73.3. The second kappa shape index (κ2) is 16.5. The molecule has 7 aromatic carbocycles. The molecule has 0 amide bonds. The fraction of sp³-hybridized carbons (Fsp3) is 0.167. The van der Waals surface area contributed by atoms with E-state index in [0.29, 0.717) is 64.4 Å². The van der Waals surface area contributed by atoms with Gasteiger partial charge in [0.2, 0.25) is 16.7 Å². The zero-order valence-electron chi connectivity index (χ0n) is 43.3. The number of alkyl halides is 12. The number of hydrogen-bond donors (Lipinski definition) is 0. The van der Waals surface area contributed by atoms with E-state index in [-0.39, 0.29) is 78.3 Å². The molecule has 3 aliphatic heterocycles. The van der Waals surface area contributed by atoms with Crippen LogP contribution < -0.4 is 0 Å². The molecule has 7 heterocycles. The predicted octanol–water partition coefficient (Wildman–Crippen LogP) is 14.2. The molecule has 420 valence electrons. The van der Waals surface area contributed by atoms with E-state index < -0.39 is 98.1 Å². The van der Waals surface area contributed by atoms with Crippen molar-refractivity contribution in [2.24, 2.45) is 0 Å². The van der Waals surface area contributed by atoms with E-state index in [9.17, 15) is 19.2 Å². The minimum atomic E-state index is -6.15. The molecule has 0 atom stereocenters. The van der Waals surface area contributed by atoms with Gasteiger partial charge in [0.05, 0.1) is 60.8 Å². The van der Waals surface area contributed by atoms with Crippen LogP contribution in [0.3, 0.4) is 0 Å². The van der Waals surface area contributed by atoms with Crippen LogP contribution in [0.15, 0.2) is 121 Å². The lowest BCUT2D eigenvalue weighted by molar-refractivity contribution is -0.290. The van der Waals surface area contributed by atoms with Crippen molar-refractivity contribution in [3.63, 3.8) is 0 Å². The molecule has 11 aromatic rings. The fourth-order valence-electron chi connectivity index (χ4n) is 12.6. The standard InChI is InChI=1S/C60H32F12N8O4/c1-25-5-8-31(17-26(25)2)55(57(61,62)63,58(64,65)66)32-9-12-35-38(20-32)52(82)78-45-18-29(6-15-41(45)74-49(35)78)30-7-16-42-46(19-30)79-50(75-42)36-13-10-33(21-39(36)53(79)83)56(59(67,68)69,60(70,71)72)34-11-14-37-40(22-34)54(84)80-48-24-47-43(23-44(48)76-51(37)80)73-27(3)77(47)28(4)81/h5-24H,1-4H3. The second-order valence-electron chi connectivity index (χ2n) is 21.0. The average Bonchev–Trinajstić information content (AvgIpc) is 1.39. The van der Waals surface area contributed by atoms with E-state index in [1.807, 2.05) is 0 Å². The monoisotopic (exact) mass is 1160 g/mol. The first-order valence-electron chi connectivity index (χ1n) is 25.4. The quantitative estimate of drug-likeness (QED) is 0.155. The molecule has 4 aromatic heterocycles. The summed E-state index contributed by atoms with van der Waals surface area (Å²) in [5.41, 5.74) is -13.5. The molecule has 0 aliphatic carbocycles. The fourth-order valence-corrected chi connectivity index (χ4v) is 12.6. The van der Waals surface area contributed by atoms with Gasteiger partial charge < -0.3 is 0 Å². The minimum absolute atomic E-state index is 0.0385. The molecule has 84 heavy (non-hydrogen) atoms. The Morgan fingerprint density at radius 2 is 0.726 bits per heavy atom. The largest absolute Gasteiger partial charge is 0.411 e. The second-order valence-corrected chi connectivity index (χ2v) is 21.0. The van der Waals surface area contributed by atoms with E-state index >= 15 is 52.7 Å². The zero-order chi connectivity index (χ0) is 59.6. The number of rotatable bonds is 5. The van der Waals surface area contributed by atoms with Gasteiger partial charge in [-0.3, -0.25) is 37.4 Å². The number of imidazole rings is 4. The summed E-state index contributed by atoms with van der Waals surface area (Å²) in [6.45, 7) is 5.77. The van der Waals surface area contributed by atoms with Crippen LogP contribution in [0.4, 0.5) is 52.7 Å². The third-order valence-corrected chi connectivity index (χ3v) is 16.6. The normalized spacial score (nSPS) is 14.3. The first-order chi connectivity index (χ1) is 39.5. The average molecular weight is 1160 g/mol. The number of nitrogens with zero attached hydrogens (tertiary/aromatic N) is 8. The lowest BCUT2D eigenvalue weighted by atomic mass is 9.71. The molecule has 12 nitrogen and oxygen atoms in total. The van der Waals surface area contributed by atoms with Gasteiger partial charge in [0, 0.05) is 23.6 Å². The molecule has 3 aliphatic rings. The summed E-state index contributed by atoms with van der Waals surface area (Å²) in [5.74, 6) is -3.36. The van der Waals surface area contributed by atoms with Gasteiger partial charge in [0.1, 0.15) is 23.3 Å². The maximum atomic E-state index is 15.8. The summed E-state index contributed by atoms with van der Waals surface area (Å²) in [6, 6.07) is 21.0. The molecule has 0 fully saturated rings. The van der Waals surface area contributed by atoms with Crippen LogP contribution in [-0.2, 0) is 10.8 Å². The highest BCUT2D eigenvalue weighted by atomic mass is 19.4. The van der Waals surface area contributed by atoms with Gasteiger partial charge in [-0.15, -0.1) is 0 Å². The number of benzene rings is 7. The van der Waals surface area contributed by atoms with E-state index in [1.165, 1.54) is 61.7 Å². The molecule has 0 saturated carbocycles. The first kappa shape index (κ1) is 52.3. The van der Waals surface area contributed by atoms with Gasteiger partial charge >= 0.3 is 24.7 Å². The van der Waals surface area contributed by atoms with Gasteiger partial charge in [-0.2, -0.15) is 52.7 Å². The Hall–Kier alpha value is -9.74. The van der Waals surface area contributed by atoms with E-state index in [1.54, 1.807) is 19.1 Å². The highest BCUT2D eigenvalue weighted by molar-refractivity contribution is 6.16. The Kier molecular flexibility index (Phi) is 10.3. The van der Waals surface area contributed by atoms with Gasteiger partial charge in [-0.25, -0.2) is 19.9 Å². The highest BCUT2D eigenvalue weighted by Crippen LogP contribution is 2.59. The first-order valence-corrected chi connectivity index (χ1v) is 25.4. The van der Waals surface area contributed by atoms with E-state index in [2.05, 4.69) is 19.9 Å². The van der Waals surface area contributed by atoms with Crippen LogP contribution in [0.1, 0.15) is 82.0 Å². The molecule has 14 rings (SSSR count). The van der Waals surface area contributed by atoms with Crippen molar-refractivity contribution >= 4 is 67.8 Å². The minimum Gasteiger partial charge on any atom is -0.274 e. The number of fused-ring (bicyclic) bond motifs is 16. The lowest BCUT2D eigenvalue weighted by Crippen LogP contribution is -2.55. The lowest BCUT2D eigenvalue weighted by Gasteiger charge is -2.38. The summed E-state index contributed by atoms with van der Waals surface area (Å²) < 4.78 is 190. The van der Waals surface area contributed by atoms with Crippen LogP contribution in [0.25, 0.3) is 89.4 Å². The Morgan fingerprint density at radius 1 is 0.369 bits per heavy atom. The van der Waals surface area contributed by atoms with Crippen molar-refractivity contribution < 1.29 is 71.9 Å². The summed E-state index contributed by atoms with van der Waals surface area (Å²) in [6.07, 6.45) is -24.2. The molecule has 0 saturated heterocycles. The van der Waals surface area contributed by atoms with Crippen LogP contribution in [0.2, 0.25) is 0 Å². The number of carbonyl (C=O) groups is 4. The summed E-state index contributed by atoms with van der Waals surface area (Å²) >= 11 is 0. The van der Waals surface area contributed by atoms with Gasteiger partial charge in [-0.1, -0.05) is 66.7 Å². The van der Waals surface area contributed by atoms with Crippen molar-refractivity contribution in [2.45, 2.75) is 63.2 Å². The number of halogens is 12. The Balaban J connectivity index is 0.819. The molecule has 0 N–H and O–H groups in total. The van der Waals surface area contributed by atoms with Crippen LogP contribution in [-0.4, -0.2) is 86.5 Å². The van der Waals surface area contributed by atoms with Gasteiger partial charge in [0.25, 0.3) is 17.7 Å². The summed E-state index contributed by atoms with van der Waals surface area (Å²) in [7, 11) is 0. The third kappa shape index (κ3) is 6.57. The Bertz CT molecular complexity index is 4870. The van der Waals surface area contributed by atoms with Crippen LogP contribution >= 0.6 is 0 Å². The maximum Gasteiger partial charge on any atom is 0.411 e. The molecule has 0 unspecified atom stereocenters. The molecular formula is C60H32F12N8O4. The number of aromatic nitrogens is 8. The number of aryl methyl sites for hydroxylation is 3. The molecule has 24 heteroatoms. The number of carbonyl (C=O) groups excluding carboxylic acids is 4. The predicted molar refractivity (Wildman–Crippen MR) is 280 cm³/mol. The van der Waals surface area contributed by atoms with Crippen molar-refractivity contribution in [3.8, 4) is 45.3 Å². The Morgan fingerprint density at radius 3 is 1.11 bits per heavy atom. The SMILES string of the molecule is CC(=O)n1c(C)nc2cc3nc4n(c3cc21)C(=O)c1cc(C(c2ccc3c(c2)C(=O)n2c-3nc3ccc(-c5ccc6nc7n(c6c5)C(=O)c5cc(C(c6ccc(C)c(C)c6)(C(F)(F)F)C(F)(F)F)ccc5-7)cc32)(C(F)(F)F)C(F)(F)F)ccc1-4. The topological polar surface area (TPSA) is 140 Å². The Labute approximate surface area is 462 Å². The number of hydrogen-bond acceptors (Lipinski definition) is 8. The van der Waals surface area contributed by atoms with Crippen molar-refractivity contribution in [2.75, 3.05) is 0 Å². The maximum absolute atomic E-state index is 15.8. The van der Waals surface area contributed by atoms with E-state index in [0.717, 1.165) is 50.1 Å². The van der Waals surface area contributed by atoms with Crippen molar-refractivity contribution in [1.29, 1.82) is 0 Å². The zero-order valence-corrected chi connectivity index (χ0v) is 43.3. The molecule has 0 spiro atoms. The van der Waals surface area contributed by atoms with Crippen molar-refractivity contribution in [3.05, 3.63) is 177 Å². The van der Waals surface area contributed by atoms with Crippen LogP contribution in [0.5, 0.6) is 0 Å². The molecule has 0 radical (unpaired) electrons. The van der Waals surface area contributed by atoms with Gasteiger partial charge in [0.15, 0.2) is 0 Å². The summed E-state index contributed by atoms with van der Waals surface area (Å²) in [5, 5.41) is 0. The smallest absolute Gasteiger partial charge is 0.274 e. The van der Waals surface area contributed by atoms with Crippen molar-refractivity contribution in [1.82, 2.24) is 38.2 Å². The van der Waals surface area contributed by atoms with E-state index in [4.69, 9.17) is 0 Å². The van der Waals surface area contributed by atoms with Gasteiger partial charge in [-0.05, 0) is 120 Å². The van der Waals surface area contributed by atoms with Crippen LogP contribution in [0, 0.1) is 20.8 Å². The highest BCUT2D eigenvalue weighted by Gasteiger charge is 2.74. The third-order valence-electron chi connectivity index (χ3n) is 16.6.